The number of carbonyl (C=O) groups excluding carboxylic acids is 1. The number of rotatable bonds is 3. The molecule has 3 nitrogen and oxygen atoms in total. The number of thiophene rings is 1. The Kier molecular flexibility index (Phi) is 3.69. The smallest absolute Gasteiger partial charge is 0.186 e. The van der Waals surface area contributed by atoms with E-state index in [0.29, 0.717) is 14.2 Å². The molecular weight excluding hydrogens is 335 g/mol. The fourth-order valence-corrected chi connectivity index (χ4v) is 3.01. The van der Waals surface area contributed by atoms with E-state index in [1.807, 2.05) is 0 Å². The van der Waals surface area contributed by atoms with Crippen LogP contribution in [-0.4, -0.2) is 15.6 Å². The summed E-state index contributed by atoms with van der Waals surface area (Å²) in [6.07, 6.45) is 3.34. The van der Waals surface area contributed by atoms with Gasteiger partial charge in [-0.1, -0.05) is 23.2 Å². The molecule has 2 heterocycles. The number of nitrogens with zero attached hydrogens (tertiary/aromatic N) is 2. The highest BCUT2D eigenvalue weighted by molar-refractivity contribution is 9.10. The molecule has 2 aromatic rings. The lowest BCUT2D eigenvalue weighted by molar-refractivity contribution is 0.0968. The molecule has 0 fully saturated rings. The van der Waals surface area contributed by atoms with Crippen LogP contribution in [0.4, 0.5) is 0 Å². The summed E-state index contributed by atoms with van der Waals surface area (Å²) >= 11 is 16.1. The van der Waals surface area contributed by atoms with Crippen LogP contribution < -0.4 is 0 Å². The molecule has 0 spiro atoms. The van der Waals surface area contributed by atoms with Gasteiger partial charge in [0, 0.05) is 6.20 Å². The summed E-state index contributed by atoms with van der Waals surface area (Å²) < 4.78 is 3.29. The highest BCUT2D eigenvalue weighted by Crippen LogP contribution is 2.31. The lowest BCUT2D eigenvalue weighted by atomic mass is 10.2. The van der Waals surface area contributed by atoms with Gasteiger partial charge >= 0.3 is 0 Å². The van der Waals surface area contributed by atoms with E-state index in [4.69, 9.17) is 23.2 Å². The molecule has 7 heteroatoms. The van der Waals surface area contributed by atoms with Crippen molar-refractivity contribution in [1.82, 2.24) is 9.78 Å². The Labute approximate surface area is 114 Å². The van der Waals surface area contributed by atoms with Crippen LogP contribution in [0.2, 0.25) is 8.67 Å². The van der Waals surface area contributed by atoms with Crippen molar-refractivity contribution in [3.8, 4) is 0 Å². The fourth-order valence-electron chi connectivity index (χ4n) is 1.19. The van der Waals surface area contributed by atoms with E-state index < -0.39 is 0 Å². The normalized spacial score (nSPS) is 10.7. The van der Waals surface area contributed by atoms with Crippen LogP contribution >= 0.6 is 50.5 Å². The predicted molar refractivity (Wildman–Crippen MR) is 68.6 cm³/mol. The molecular formula is C9H5BrCl2N2OS. The lowest BCUT2D eigenvalue weighted by Crippen LogP contribution is -2.10. The van der Waals surface area contributed by atoms with E-state index in [1.165, 1.54) is 16.0 Å². The van der Waals surface area contributed by atoms with Gasteiger partial charge in [-0.05, 0) is 22.0 Å². The van der Waals surface area contributed by atoms with E-state index in [9.17, 15) is 4.79 Å². The summed E-state index contributed by atoms with van der Waals surface area (Å²) in [6.45, 7) is 0.151. The minimum Gasteiger partial charge on any atom is -0.292 e. The first kappa shape index (κ1) is 12.1. The van der Waals surface area contributed by atoms with E-state index in [-0.39, 0.29) is 12.3 Å². The number of aromatic nitrogens is 2. The second-order valence-electron chi connectivity index (χ2n) is 3.02. The molecule has 0 atom stereocenters. The van der Waals surface area contributed by atoms with Gasteiger partial charge in [-0.3, -0.25) is 9.48 Å². The van der Waals surface area contributed by atoms with Crippen molar-refractivity contribution in [2.24, 2.45) is 0 Å². The number of Topliss-reactive ketones (excluding diaryl/α,β-unsaturated/α-hetero) is 1. The quantitative estimate of drug-likeness (QED) is 0.795. The number of halogens is 3. The Hall–Kier alpha value is -0.360. The van der Waals surface area contributed by atoms with Crippen LogP contribution in [0.5, 0.6) is 0 Å². The standard InChI is InChI=1S/C9H5BrCl2N2OS/c10-5-2-13-14(3-5)4-7(15)6-1-8(11)16-9(6)12/h1-3H,4H2. The first-order valence-corrected chi connectivity index (χ1v) is 6.59. The summed E-state index contributed by atoms with van der Waals surface area (Å²) in [5.41, 5.74) is 0.447. The maximum atomic E-state index is 11.8. The lowest BCUT2D eigenvalue weighted by Gasteiger charge is -1.99. The molecule has 0 unspecified atom stereocenters. The summed E-state index contributed by atoms with van der Waals surface area (Å²) in [5.74, 6) is -0.108. The Morgan fingerprint density at radius 3 is 2.81 bits per heavy atom. The second-order valence-corrected chi connectivity index (χ2v) is 6.22. The number of hydrogen-bond acceptors (Lipinski definition) is 3. The highest BCUT2D eigenvalue weighted by atomic mass is 79.9. The van der Waals surface area contributed by atoms with Gasteiger partial charge in [-0.25, -0.2) is 0 Å². The highest BCUT2D eigenvalue weighted by Gasteiger charge is 2.14. The summed E-state index contributed by atoms with van der Waals surface area (Å²) in [7, 11) is 0. The SMILES string of the molecule is O=C(Cn1cc(Br)cn1)c1cc(Cl)sc1Cl. The average molecular weight is 340 g/mol. The van der Waals surface area contributed by atoms with E-state index in [0.717, 1.165) is 4.47 Å². The van der Waals surface area contributed by atoms with Crippen LogP contribution in [0, 0.1) is 0 Å². The molecule has 0 bridgehead atoms. The van der Waals surface area contributed by atoms with Crippen molar-refractivity contribution in [3.05, 3.63) is 37.2 Å². The van der Waals surface area contributed by atoms with Crippen molar-refractivity contribution in [2.45, 2.75) is 6.54 Å². The third-order valence-corrected chi connectivity index (χ3v) is 3.76. The molecule has 0 saturated heterocycles. The van der Waals surface area contributed by atoms with E-state index in [2.05, 4.69) is 21.0 Å². The van der Waals surface area contributed by atoms with Crippen LogP contribution in [0.15, 0.2) is 22.9 Å². The topological polar surface area (TPSA) is 34.9 Å². The second kappa shape index (κ2) is 4.87. The molecule has 0 radical (unpaired) electrons. The van der Waals surface area contributed by atoms with Gasteiger partial charge in [0.1, 0.15) is 10.9 Å². The number of carbonyl (C=O) groups is 1. The van der Waals surface area contributed by atoms with Gasteiger partial charge in [0.25, 0.3) is 0 Å². The van der Waals surface area contributed by atoms with Crippen molar-refractivity contribution in [2.75, 3.05) is 0 Å². The third kappa shape index (κ3) is 2.66. The van der Waals surface area contributed by atoms with Crippen molar-refractivity contribution in [1.29, 1.82) is 0 Å². The third-order valence-electron chi connectivity index (χ3n) is 1.86. The molecule has 16 heavy (non-hydrogen) atoms. The monoisotopic (exact) mass is 338 g/mol. The zero-order valence-electron chi connectivity index (χ0n) is 7.78. The molecule has 0 aliphatic rings. The van der Waals surface area contributed by atoms with Gasteiger partial charge in [-0.15, -0.1) is 11.3 Å². The molecule has 0 saturated carbocycles. The van der Waals surface area contributed by atoms with Gasteiger partial charge in [0.05, 0.1) is 20.6 Å². The molecule has 0 aliphatic carbocycles. The number of ketones is 1. The Morgan fingerprint density at radius 1 is 1.56 bits per heavy atom. The van der Waals surface area contributed by atoms with Crippen LogP contribution in [0.1, 0.15) is 10.4 Å². The van der Waals surface area contributed by atoms with Gasteiger partial charge in [-0.2, -0.15) is 5.10 Å². The summed E-state index contributed by atoms with van der Waals surface area (Å²) in [6, 6.07) is 1.58. The van der Waals surface area contributed by atoms with Crippen molar-refractivity contribution >= 4 is 56.3 Å². The van der Waals surface area contributed by atoms with Crippen molar-refractivity contribution < 1.29 is 4.79 Å². The van der Waals surface area contributed by atoms with Crippen LogP contribution in [0.25, 0.3) is 0 Å². The van der Waals surface area contributed by atoms with E-state index in [1.54, 1.807) is 18.5 Å². The fraction of sp³-hybridized carbons (Fsp3) is 0.111. The minimum absolute atomic E-state index is 0.108. The largest absolute Gasteiger partial charge is 0.292 e. The zero-order valence-corrected chi connectivity index (χ0v) is 11.7. The van der Waals surface area contributed by atoms with E-state index >= 15 is 0 Å². The number of hydrogen-bond donors (Lipinski definition) is 0. The first-order chi connectivity index (χ1) is 7.56. The summed E-state index contributed by atoms with van der Waals surface area (Å²) in [4.78, 5) is 11.8. The van der Waals surface area contributed by atoms with Crippen LogP contribution in [-0.2, 0) is 6.54 Å². The Morgan fingerprint density at radius 2 is 2.31 bits per heavy atom. The Balaban J connectivity index is 2.17. The predicted octanol–water partition coefficient (Wildman–Crippen LogP) is 3.90. The molecule has 2 rings (SSSR count). The average Bonchev–Trinajstić information content (AvgIpc) is 2.73. The minimum atomic E-state index is -0.108. The molecule has 0 aliphatic heterocycles. The zero-order chi connectivity index (χ0) is 11.7. The Bertz CT molecular complexity index is 537. The van der Waals surface area contributed by atoms with Gasteiger partial charge < -0.3 is 0 Å². The molecule has 0 amide bonds. The maximum absolute atomic E-state index is 11.8. The molecule has 0 N–H and O–H groups in total. The molecule has 2 aromatic heterocycles. The van der Waals surface area contributed by atoms with Crippen molar-refractivity contribution in [3.63, 3.8) is 0 Å². The maximum Gasteiger partial charge on any atom is 0.186 e. The molecule has 84 valence electrons. The molecule has 0 aromatic carbocycles. The van der Waals surface area contributed by atoms with Gasteiger partial charge in [0.15, 0.2) is 5.78 Å². The van der Waals surface area contributed by atoms with Crippen LogP contribution in [0.3, 0.4) is 0 Å². The van der Waals surface area contributed by atoms with Gasteiger partial charge in [0.2, 0.25) is 0 Å². The first-order valence-electron chi connectivity index (χ1n) is 4.22. The summed E-state index contributed by atoms with van der Waals surface area (Å²) in [5, 5.41) is 3.99.